The van der Waals surface area contributed by atoms with Crippen molar-refractivity contribution >= 4 is 0 Å². The summed E-state index contributed by atoms with van der Waals surface area (Å²) < 4.78 is 0. The number of rotatable bonds is 5. The first-order chi connectivity index (χ1) is 8.42. The fraction of sp³-hybridized carbons (Fsp3) is 0.500. The van der Waals surface area contributed by atoms with E-state index in [-0.39, 0.29) is 0 Å². The Kier molecular flexibility index (Phi) is 4.81. The molecule has 1 saturated carbocycles. The van der Waals surface area contributed by atoms with Gasteiger partial charge in [-0.1, -0.05) is 49.2 Å². The zero-order valence-electron chi connectivity index (χ0n) is 10.6. The maximum atomic E-state index is 3.78. The third kappa shape index (κ3) is 3.44. The quantitative estimate of drug-likeness (QED) is 0.597. The van der Waals surface area contributed by atoms with Gasteiger partial charge in [0.05, 0.1) is 0 Å². The Morgan fingerprint density at radius 2 is 1.94 bits per heavy atom. The minimum atomic E-state index is 0.658. The highest BCUT2D eigenvalue weighted by Crippen LogP contribution is 2.32. The zero-order chi connectivity index (χ0) is 11.9. The van der Waals surface area contributed by atoms with Gasteiger partial charge in [-0.05, 0) is 37.3 Å². The van der Waals surface area contributed by atoms with Crippen molar-refractivity contribution < 1.29 is 0 Å². The number of benzene rings is 1. The third-order valence-electron chi connectivity index (χ3n) is 3.75. The number of hydrogen-bond donors (Lipinski definition) is 1. The van der Waals surface area contributed by atoms with Crippen LogP contribution in [0.5, 0.6) is 0 Å². The summed E-state index contributed by atoms with van der Waals surface area (Å²) in [6, 6.07) is 11.6. The molecule has 0 bridgehead atoms. The van der Waals surface area contributed by atoms with E-state index in [1.165, 1.54) is 31.2 Å². The molecule has 0 heterocycles. The molecule has 0 spiro atoms. The van der Waals surface area contributed by atoms with Crippen molar-refractivity contribution in [2.75, 3.05) is 6.54 Å². The SMILES string of the molecule is C=CCCNC1CCCCC1c1ccccc1. The predicted octanol–water partition coefficient (Wildman–Crippen LogP) is 3.88. The second-order valence-corrected chi connectivity index (χ2v) is 4.94. The second-order valence-electron chi connectivity index (χ2n) is 4.94. The van der Waals surface area contributed by atoms with Crippen LogP contribution in [0.15, 0.2) is 43.0 Å². The van der Waals surface area contributed by atoms with Crippen molar-refractivity contribution in [3.05, 3.63) is 48.6 Å². The highest BCUT2D eigenvalue weighted by atomic mass is 14.9. The van der Waals surface area contributed by atoms with Crippen molar-refractivity contribution in [3.8, 4) is 0 Å². The third-order valence-corrected chi connectivity index (χ3v) is 3.75. The van der Waals surface area contributed by atoms with Crippen LogP contribution in [-0.2, 0) is 0 Å². The predicted molar refractivity (Wildman–Crippen MR) is 74.3 cm³/mol. The van der Waals surface area contributed by atoms with E-state index in [1.807, 2.05) is 6.08 Å². The van der Waals surface area contributed by atoms with Crippen molar-refractivity contribution in [2.45, 2.75) is 44.1 Å². The van der Waals surface area contributed by atoms with Crippen LogP contribution in [0.1, 0.15) is 43.6 Å². The van der Waals surface area contributed by atoms with Gasteiger partial charge >= 0.3 is 0 Å². The molecule has 1 aliphatic rings. The number of hydrogen-bond acceptors (Lipinski definition) is 1. The minimum absolute atomic E-state index is 0.658. The van der Waals surface area contributed by atoms with Crippen LogP contribution in [0.3, 0.4) is 0 Å². The highest BCUT2D eigenvalue weighted by Gasteiger charge is 2.25. The van der Waals surface area contributed by atoms with Crippen LogP contribution in [-0.4, -0.2) is 12.6 Å². The lowest BCUT2D eigenvalue weighted by Gasteiger charge is -2.32. The molecule has 1 N–H and O–H groups in total. The molecule has 1 aromatic carbocycles. The van der Waals surface area contributed by atoms with Gasteiger partial charge in [-0.3, -0.25) is 0 Å². The molecule has 92 valence electrons. The molecule has 1 aromatic rings. The van der Waals surface area contributed by atoms with Crippen LogP contribution in [0.4, 0.5) is 0 Å². The van der Waals surface area contributed by atoms with Gasteiger partial charge in [0, 0.05) is 6.04 Å². The summed E-state index contributed by atoms with van der Waals surface area (Å²) in [6.45, 7) is 4.85. The lowest BCUT2D eigenvalue weighted by Crippen LogP contribution is -2.37. The van der Waals surface area contributed by atoms with Crippen molar-refractivity contribution in [1.29, 1.82) is 0 Å². The highest BCUT2D eigenvalue weighted by molar-refractivity contribution is 5.21. The normalized spacial score (nSPS) is 24.5. The van der Waals surface area contributed by atoms with E-state index in [4.69, 9.17) is 0 Å². The van der Waals surface area contributed by atoms with Crippen LogP contribution in [0, 0.1) is 0 Å². The van der Waals surface area contributed by atoms with E-state index >= 15 is 0 Å². The molecule has 1 fully saturated rings. The first-order valence-corrected chi connectivity index (χ1v) is 6.81. The summed E-state index contributed by atoms with van der Waals surface area (Å²) in [4.78, 5) is 0. The van der Waals surface area contributed by atoms with Gasteiger partial charge in [-0.25, -0.2) is 0 Å². The lowest BCUT2D eigenvalue weighted by atomic mass is 9.80. The van der Waals surface area contributed by atoms with Crippen molar-refractivity contribution in [1.82, 2.24) is 5.32 Å². The van der Waals surface area contributed by atoms with Crippen LogP contribution in [0.25, 0.3) is 0 Å². The molecule has 0 radical (unpaired) electrons. The van der Waals surface area contributed by atoms with E-state index in [1.54, 1.807) is 0 Å². The molecule has 17 heavy (non-hydrogen) atoms. The monoisotopic (exact) mass is 229 g/mol. The van der Waals surface area contributed by atoms with Gasteiger partial charge in [0.25, 0.3) is 0 Å². The minimum Gasteiger partial charge on any atom is -0.313 e. The van der Waals surface area contributed by atoms with Crippen molar-refractivity contribution in [3.63, 3.8) is 0 Å². The molecule has 2 rings (SSSR count). The molecule has 1 aliphatic carbocycles. The average molecular weight is 229 g/mol. The average Bonchev–Trinajstić information content (AvgIpc) is 2.41. The summed E-state index contributed by atoms with van der Waals surface area (Å²) in [6.07, 6.45) is 8.45. The maximum absolute atomic E-state index is 3.78. The molecule has 0 saturated heterocycles. The summed E-state index contributed by atoms with van der Waals surface area (Å²) in [5, 5.41) is 3.70. The molecular weight excluding hydrogens is 206 g/mol. The summed E-state index contributed by atoms with van der Waals surface area (Å²) in [7, 11) is 0. The van der Waals surface area contributed by atoms with E-state index in [0.717, 1.165) is 13.0 Å². The summed E-state index contributed by atoms with van der Waals surface area (Å²) in [5.74, 6) is 0.703. The van der Waals surface area contributed by atoms with Crippen LogP contribution < -0.4 is 5.32 Å². The lowest BCUT2D eigenvalue weighted by molar-refractivity contribution is 0.330. The van der Waals surface area contributed by atoms with Gasteiger partial charge in [-0.2, -0.15) is 0 Å². The maximum Gasteiger partial charge on any atom is 0.0136 e. The fourth-order valence-electron chi connectivity index (χ4n) is 2.85. The van der Waals surface area contributed by atoms with Gasteiger partial charge in [0.2, 0.25) is 0 Å². The summed E-state index contributed by atoms with van der Waals surface area (Å²) in [5.41, 5.74) is 1.50. The Morgan fingerprint density at radius 1 is 1.18 bits per heavy atom. The first-order valence-electron chi connectivity index (χ1n) is 6.81. The van der Waals surface area contributed by atoms with Crippen LogP contribution >= 0.6 is 0 Å². The largest absolute Gasteiger partial charge is 0.313 e. The van der Waals surface area contributed by atoms with E-state index in [9.17, 15) is 0 Å². The fourth-order valence-corrected chi connectivity index (χ4v) is 2.85. The van der Waals surface area contributed by atoms with E-state index in [2.05, 4.69) is 42.2 Å². The Bertz CT molecular complexity index is 331. The molecule has 2 unspecified atom stereocenters. The molecule has 0 aliphatic heterocycles. The van der Waals surface area contributed by atoms with E-state index in [0.29, 0.717) is 12.0 Å². The van der Waals surface area contributed by atoms with E-state index < -0.39 is 0 Å². The van der Waals surface area contributed by atoms with Gasteiger partial charge in [0.1, 0.15) is 0 Å². The molecule has 1 heteroatoms. The number of nitrogens with one attached hydrogen (secondary N) is 1. The van der Waals surface area contributed by atoms with Gasteiger partial charge in [0.15, 0.2) is 0 Å². The Labute approximate surface area is 105 Å². The Morgan fingerprint density at radius 3 is 2.71 bits per heavy atom. The molecule has 2 atom stereocenters. The zero-order valence-corrected chi connectivity index (χ0v) is 10.6. The van der Waals surface area contributed by atoms with Gasteiger partial charge in [-0.15, -0.1) is 6.58 Å². The standard InChI is InChI=1S/C16H23N/c1-2-3-13-17-16-12-8-7-11-15(16)14-9-5-4-6-10-14/h2,4-6,9-10,15-17H,1,3,7-8,11-13H2. The Balaban J connectivity index is 1.99. The Hall–Kier alpha value is -1.08. The molecular formula is C16H23N. The van der Waals surface area contributed by atoms with Gasteiger partial charge < -0.3 is 5.32 Å². The topological polar surface area (TPSA) is 12.0 Å². The molecule has 0 amide bonds. The summed E-state index contributed by atoms with van der Waals surface area (Å²) >= 11 is 0. The van der Waals surface area contributed by atoms with Crippen LogP contribution in [0.2, 0.25) is 0 Å². The van der Waals surface area contributed by atoms with Crippen molar-refractivity contribution in [2.24, 2.45) is 0 Å². The second kappa shape index (κ2) is 6.61. The first kappa shape index (κ1) is 12.4. The molecule has 0 aromatic heterocycles. The smallest absolute Gasteiger partial charge is 0.0136 e. The molecule has 1 nitrogen and oxygen atoms in total.